The van der Waals surface area contributed by atoms with Gasteiger partial charge in [-0.2, -0.15) is 12.6 Å². The molecule has 18 heavy (non-hydrogen) atoms. The molecule has 2 rings (SSSR count). The molecule has 0 radical (unpaired) electrons. The van der Waals surface area contributed by atoms with Crippen molar-refractivity contribution < 1.29 is 4.74 Å². The van der Waals surface area contributed by atoms with Crippen LogP contribution in [0.2, 0.25) is 0 Å². The van der Waals surface area contributed by atoms with Gasteiger partial charge < -0.3 is 4.74 Å². The molecule has 0 aliphatic heterocycles. The lowest BCUT2D eigenvalue weighted by Crippen LogP contribution is -2.04. The minimum atomic E-state index is 0.668. The van der Waals surface area contributed by atoms with Gasteiger partial charge in [-0.25, -0.2) is 0 Å². The Hall–Kier alpha value is -1.22. The first-order valence-electron chi connectivity index (χ1n) is 6.38. The first-order chi connectivity index (χ1) is 8.79. The Morgan fingerprint density at radius 1 is 1.28 bits per heavy atom. The summed E-state index contributed by atoms with van der Waals surface area (Å²) in [6.07, 6.45) is 4.02. The zero-order valence-corrected chi connectivity index (χ0v) is 11.6. The molecular formula is C15H19NOS. The maximum atomic E-state index is 5.77. The predicted octanol–water partition coefficient (Wildman–Crippen LogP) is 3.96. The Balaban J connectivity index is 1.91. The molecule has 1 aromatic carbocycles. The summed E-state index contributed by atoms with van der Waals surface area (Å²) >= 11 is 4.24. The van der Waals surface area contributed by atoms with E-state index in [1.54, 1.807) is 6.20 Å². The van der Waals surface area contributed by atoms with Crippen LogP contribution in [0.1, 0.15) is 19.8 Å². The summed E-state index contributed by atoms with van der Waals surface area (Å²) in [7, 11) is 0. The van der Waals surface area contributed by atoms with Gasteiger partial charge in [-0.05, 0) is 42.7 Å². The Morgan fingerprint density at radius 2 is 2.17 bits per heavy atom. The average molecular weight is 261 g/mol. The number of hydrogen-bond acceptors (Lipinski definition) is 3. The highest BCUT2D eigenvalue weighted by Crippen LogP contribution is 2.19. The number of thiol groups is 1. The quantitative estimate of drug-likeness (QED) is 0.795. The van der Waals surface area contributed by atoms with Crippen molar-refractivity contribution in [2.24, 2.45) is 5.92 Å². The van der Waals surface area contributed by atoms with E-state index in [2.05, 4.69) is 36.7 Å². The molecule has 0 amide bonds. The topological polar surface area (TPSA) is 22.1 Å². The fraction of sp³-hybridized carbons (Fsp3) is 0.400. The molecule has 1 atom stereocenters. The molecule has 1 aromatic heterocycles. The zero-order chi connectivity index (χ0) is 12.8. The fourth-order valence-electron chi connectivity index (χ4n) is 1.88. The zero-order valence-electron chi connectivity index (χ0n) is 10.7. The second kappa shape index (κ2) is 6.64. The molecule has 2 nitrogen and oxygen atoms in total. The van der Waals surface area contributed by atoms with Crippen molar-refractivity contribution >= 4 is 23.5 Å². The van der Waals surface area contributed by atoms with Crippen molar-refractivity contribution in [3.63, 3.8) is 0 Å². The maximum absolute atomic E-state index is 5.77. The van der Waals surface area contributed by atoms with Crippen LogP contribution in [0.4, 0.5) is 0 Å². The van der Waals surface area contributed by atoms with Crippen LogP contribution in [-0.2, 0) is 0 Å². The summed E-state index contributed by atoms with van der Waals surface area (Å²) in [5, 5.41) is 1.15. The summed E-state index contributed by atoms with van der Waals surface area (Å²) in [5.74, 6) is 2.52. The number of benzene rings is 1. The van der Waals surface area contributed by atoms with Gasteiger partial charge in [0.05, 0.1) is 12.1 Å². The van der Waals surface area contributed by atoms with Crippen LogP contribution >= 0.6 is 12.6 Å². The van der Waals surface area contributed by atoms with E-state index >= 15 is 0 Å². The first kappa shape index (κ1) is 13.2. The van der Waals surface area contributed by atoms with Crippen molar-refractivity contribution in [3.8, 4) is 5.75 Å². The molecule has 3 heteroatoms. The Labute approximate surface area is 114 Å². The number of fused-ring (bicyclic) bond motifs is 1. The van der Waals surface area contributed by atoms with Gasteiger partial charge >= 0.3 is 0 Å². The van der Waals surface area contributed by atoms with E-state index in [1.807, 2.05) is 18.2 Å². The third kappa shape index (κ3) is 3.64. The Morgan fingerprint density at radius 3 is 3.00 bits per heavy atom. The summed E-state index contributed by atoms with van der Waals surface area (Å²) in [6, 6.07) is 10.1. The molecule has 0 N–H and O–H groups in total. The minimum absolute atomic E-state index is 0.668. The van der Waals surface area contributed by atoms with E-state index in [4.69, 9.17) is 4.74 Å². The van der Waals surface area contributed by atoms with Crippen LogP contribution in [0.25, 0.3) is 10.9 Å². The van der Waals surface area contributed by atoms with E-state index in [-0.39, 0.29) is 0 Å². The van der Waals surface area contributed by atoms with Gasteiger partial charge in [-0.1, -0.05) is 13.0 Å². The second-order valence-electron chi connectivity index (χ2n) is 4.61. The number of nitrogens with zero attached hydrogens (tertiary/aromatic N) is 1. The van der Waals surface area contributed by atoms with Crippen molar-refractivity contribution in [2.75, 3.05) is 12.4 Å². The lowest BCUT2D eigenvalue weighted by Gasteiger charge is -2.11. The van der Waals surface area contributed by atoms with Gasteiger partial charge in [0.15, 0.2) is 0 Å². The highest BCUT2D eigenvalue weighted by molar-refractivity contribution is 7.80. The number of rotatable bonds is 6. The van der Waals surface area contributed by atoms with E-state index in [1.165, 1.54) is 0 Å². The van der Waals surface area contributed by atoms with Gasteiger partial charge in [-0.15, -0.1) is 0 Å². The second-order valence-corrected chi connectivity index (χ2v) is 5.06. The number of pyridine rings is 1. The van der Waals surface area contributed by atoms with Gasteiger partial charge in [-0.3, -0.25) is 4.98 Å². The Kier molecular flexibility index (Phi) is 4.88. The molecule has 0 saturated heterocycles. The summed E-state index contributed by atoms with van der Waals surface area (Å²) in [5.41, 5.74) is 0.985. The molecular weight excluding hydrogens is 242 g/mol. The molecule has 0 fully saturated rings. The van der Waals surface area contributed by atoms with Crippen molar-refractivity contribution in [1.82, 2.24) is 4.98 Å². The van der Waals surface area contributed by atoms with Crippen LogP contribution in [0.15, 0.2) is 36.5 Å². The highest BCUT2D eigenvalue weighted by Gasteiger charge is 2.02. The van der Waals surface area contributed by atoms with Crippen molar-refractivity contribution in [2.45, 2.75) is 19.8 Å². The molecule has 0 saturated carbocycles. The largest absolute Gasteiger partial charge is 0.494 e. The van der Waals surface area contributed by atoms with Crippen molar-refractivity contribution in [1.29, 1.82) is 0 Å². The molecule has 0 bridgehead atoms. The van der Waals surface area contributed by atoms with Crippen molar-refractivity contribution in [3.05, 3.63) is 36.5 Å². The Bertz CT molecular complexity index is 501. The van der Waals surface area contributed by atoms with E-state index in [0.29, 0.717) is 5.92 Å². The molecule has 1 heterocycles. The van der Waals surface area contributed by atoms with Gasteiger partial charge in [0, 0.05) is 17.6 Å². The molecule has 2 aromatic rings. The van der Waals surface area contributed by atoms with Crippen LogP contribution in [0, 0.1) is 5.92 Å². The number of aromatic nitrogens is 1. The molecule has 0 spiro atoms. The summed E-state index contributed by atoms with van der Waals surface area (Å²) in [4.78, 5) is 4.32. The van der Waals surface area contributed by atoms with Crippen LogP contribution in [-0.4, -0.2) is 17.3 Å². The summed E-state index contributed by atoms with van der Waals surface area (Å²) < 4.78 is 5.77. The minimum Gasteiger partial charge on any atom is -0.494 e. The third-order valence-electron chi connectivity index (χ3n) is 3.08. The molecule has 96 valence electrons. The number of ether oxygens (including phenoxy) is 1. The fourth-order valence-corrected chi connectivity index (χ4v) is 2.32. The normalized spacial score (nSPS) is 12.6. The third-order valence-corrected chi connectivity index (χ3v) is 3.34. The van der Waals surface area contributed by atoms with Crippen LogP contribution in [0.5, 0.6) is 5.75 Å². The predicted molar refractivity (Wildman–Crippen MR) is 79.5 cm³/mol. The number of hydrogen-bond donors (Lipinski definition) is 1. The van der Waals surface area contributed by atoms with E-state index < -0.39 is 0 Å². The lowest BCUT2D eigenvalue weighted by atomic mass is 10.1. The van der Waals surface area contributed by atoms with Crippen LogP contribution in [0.3, 0.4) is 0 Å². The smallest absolute Gasteiger partial charge is 0.121 e. The van der Waals surface area contributed by atoms with Gasteiger partial charge in [0.1, 0.15) is 5.75 Å². The SMILES string of the molecule is CC(CCS)CCOc1ccc2cccnc2c1. The van der Waals surface area contributed by atoms with Gasteiger partial charge in [0.25, 0.3) is 0 Å². The van der Waals surface area contributed by atoms with Gasteiger partial charge in [0.2, 0.25) is 0 Å². The standard InChI is InChI=1S/C15H19NOS/c1-12(7-10-18)6-9-17-14-5-4-13-3-2-8-16-15(13)11-14/h2-5,8,11-12,18H,6-7,9-10H2,1H3. The van der Waals surface area contributed by atoms with E-state index in [9.17, 15) is 0 Å². The maximum Gasteiger partial charge on any atom is 0.121 e. The molecule has 0 aliphatic carbocycles. The van der Waals surface area contributed by atoms with Crippen LogP contribution < -0.4 is 4.74 Å². The van der Waals surface area contributed by atoms with E-state index in [0.717, 1.165) is 41.9 Å². The average Bonchev–Trinajstić information content (AvgIpc) is 2.39. The summed E-state index contributed by atoms with van der Waals surface area (Å²) in [6.45, 7) is 2.99. The monoisotopic (exact) mass is 261 g/mol. The highest BCUT2D eigenvalue weighted by atomic mass is 32.1. The molecule has 1 unspecified atom stereocenters. The first-order valence-corrected chi connectivity index (χ1v) is 7.01. The lowest BCUT2D eigenvalue weighted by molar-refractivity contribution is 0.282. The molecule has 0 aliphatic rings.